The Morgan fingerprint density at radius 2 is 1.72 bits per heavy atom. The first-order chi connectivity index (χ1) is 18.5. The van der Waals surface area contributed by atoms with E-state index in [0.29, 0.717) is 13.1 Å². The third kappa shape index (κ3) is 6.35. The molecule has 2 N–H and O–H groups in total. The molecular weight excluding hydrogens is 563 g/mol. The van der Waals surface area contributed by atoms with Gasteiger partial charge in [0, 0.05) is 37.9 Å². The number of hydrogen-bond acceptors (Lipinski definition) is 7. The predicted molar refractivity (Wildman–Crippen MR) is 155 cm³/mol. The number of nitrogens with one attached hydrogen (secondary N) is 1. The molecule has 9 nitrogen and oxygen atoms in total. The van der Waals surface area contributed by atoms with E-state index in [1.807, 2.05) is 29.2 Å². The summed E-state index contributed by atoms with van der Waals surface area (Å²) >= 11 is 11.9. The number of nitrogens with zero attached hydrogens (tertiary/aromatic N) is 3. The van der Waals surface area contributed by atoms with Gasteiger partial charge in [0.25, 0.3) is 11.8 Å². The second-order valence-corrected chi connectivity index (χ2v) is 12.1. The third-order valence-electron chi connectivity index (χ3n) is 6.38. The first-order valence-electron chi connectivity index (χ1n) is 11.9. The Hall–Kier alpha value is -3.60. The maximum Gasteiger partial charge on any atom is 0.258 e. The van der Waals surface area contributed by atoms with E-state index in [0.717, 1.165) is 11.3 Å². The van der Waals surface area contributed by atoms with Gasteiger partial charge in [-0.2, -0.15) is 0 Å². The highest BCUT2D eigenvalue weighted by molar-refractivity contribution is 7.91. The molecule has 0 spiro atoms. The average Bonchev–Trinajstić information content (AvgIpc) is 2.91. The Kier molecular flexibility index (Phi) is 8.48. The van der Waals surface area contributed by atoms with Crippen molar-refractivity contribution in [2.45, 2.75) is 6.54 Å². The second kappa shape index (κ2) is 11.6. The van der Waals surface area contributed by atoms with E-state index >= 15 is 0 Å². The first-order valence-corrected chi connectivity index (χ1v) is 14.5. The number of sulfone groups is 1. The van der Waals surface area contributed by atoms with Crippen LogP contribution in [0, 0.1) is 0 Å². The number of carbonyl (C=O) groups excluding carboxylic acids is 2. The summed E-state index contributed by atoms with van der Waals surface area (Å²) in [6, 6.07) is 14.9. The summed E-state index contributed by atoms with van der Waals surface area (Å²) in [5.41, 5.74) is 2.41. The topological polar surface area (TPSA) is 119 Å². The number of hydrogen-bond donors (Lipinski definition) is 2. The summed E-state index contributed by atoms with van der Waals surface area (Å²) in [6.07, 6.45) is 0. The number of benzene rings is 3. The second-order valence-electron chi connectivity index (χ2n) is 9.03. The van der Waals surface area contributed by atoms with E-state index < -0.39 is 21.7 Å². The number of carbonyl (C=O) groups is 2. The van der Waals surface area contributed by atoms with Gasteiger partial charge in [-0.1, -0.05) is 47.5 Å². The van der Waals surface area contributed by atoms with Gasteiger partial charge in [-0.15, -0.1) is 0 Å². The van der Waals surface area contributed by atoms with Crippen LogP contribution >= 0.6 is 23.2 Å². The van der Waals surface area contributed by atoms with Gasteiger partial charge < -0.3 is 20.2 Å². The Balaban J connectivity index is 1.60. The quantitative estimate of drug-likeness (QED) is 0.383. The highest BCUT2D eigenvalue weighted by atomic mass is 35.5. The van der Waals surface area contributed by atoms with Crippen LogP contribution in [0.1, 0.15) is 26.3 Å². The standard InChI is InChI=1S/C27H26Cl2N4O5S/c1-30-21-7-5-8-22(31-26(35)18-14-19(28)25(34)20(29)15-18)24(21)27(36)32(2)16-17-6-3-4-9-23(17)33-10-12-39(37,38)13-11-33/h3-9,14-15,34H,1,10-13,16H2,2H3,(H,31,35). The molecule has 1 fully saturated rings. The van der Waals surface area contributed by atoms with Crippen LogP contribution in [0.15, 0.2) is 59.6 Å². The molecule has 0 bridgehead atoms. The average molecular weight is 590 g/mol. The van der Waals surface area contributed by atoms with Crippen LogP contribution in [-0.2, 0) is 16.4 Å². The summed E-state index contributed by atoms with van der Waals surface area (Å²) in [4.78, 5) is 34.2. The van der Waals surface area contributed by atoms with Crippen LogP contribution in [0.2, 0.25) is 10.0 Å². The number of phenolic OH excluding ortho intramolecular Hbond substituents is 1. The van der Waals surface area contributed by atoms with Gasteiger partial charge in [0.05, 0.1) is 38.5 Å². The van der Waals surface area contributed by atoms with E-state index in [1.165, 1.54) is 17.0 Å². The van der Waals surface area contributed by atoms with Crippen molar-refractivity contribution in [2.75, 3.05) is 41.9 Å². The monoisotopic (exact) mass is 588 g/mol. The number of halogens is 2. The van der Waals surface area contributed by atoms with Crippen molar-refractivity contribution in [1.29, 1.82) is 0 Å². The van der Waals surface area contributed by atoms with Crippen LogP contribution in [0.3, 0.4) is 0 Å². The fourth-order valence-corrected chi connectivity index (χ4v) is 6.00. The van der Waals surface area contributed by atoms with Crippen molar-refractivity contribution in [3.05, 3.63) is 81.3 Å². The molecule has 0 unspecified atom stereocenters. The summed E-state index contributed by atoms with van der Waals surface area (Å²) in [5.74, 6) is -1.19. The highest BCUT2D eigenvalue weighted by Crippen LogP contribution is 2.34. The van der Waals surface area contributed by atoms with E-state index in [1.54, 1.807) is 25.2 Å². The minimum atomic E-state index is -3.04. The van der Waals surface area contributed by atoms with Gasteiger partial charge in [-0.3, -0.25) is 14.6 Å². The summed E-state index contributed by atoms with van der Waals surface area (Å²) in [5, 5.41) is 12.3. The van der Waals surface area contributed by atoms with Crippen molar-refractivity contribution in [3.8, 4) is 5.75 Å². The minimum Gasteiger partial charge on any atom is -0.505 e. The zero-order chi connectivity index (χ0) is 28.3. The minimum absolute atomic E-state index is 0.0784. The molecule has 3 aromatic carbocycles. The fraction of sp³-hybridized carbons (Fsp3) is 0.222. The number of anilines is 2. The molecule has 204 valence electrons. The smallest absolute Gasteiger partial charge is 0.258 e. The molecule has 0 aromatic heterocycles. The van der Waals surface area contributed by atoms with Crippen molar-refractivity contribution in [2.24, 2.45) is 4.99 Å². The zero-order valence-electron chi connectivity index (χ0n) is 21.0. The van der Waals surface area contributed by atoms with Crippen molar-refractivity contribution < 1.29 is 23.1 Å². The van der Waals surface area contributed by atoms with Gasteiger partial charge in [-0.05, 0) is 42.6 Å². The van der Waals surface area contributed by atoms with E-state index in [-0.39, 0.29) is 56.3 Å². The van der Waals surface area contributed by atoms with Crippen molar-refractivity contribution in [1.82, 2.24) is 4.90 Å². The summed E-state index contributed by atoms with van der Waals surface area (Å²) in [6.45, 7) is 4.54. The molecule has 2 amide bonds. The number of rotatable bonds is 7. The zero-order valence-corrected chi connectivity index (χ0v) is 23.4. The molecule has 0 aliphatic carbocycles. The molecule has 1 saturated heterocycles. The van der Waals surface area contributed by atoms with Gasteiger partial charge in [0.15, 0.2) is 15.6 Å². The molecule has 39 heavy (non-hydrogen) atoms. The number of aromatic hydroxyl groups is 1. The molecule has 3 aromatic rings. The lowest BCUT2D eigenvalue weighted by Gasteiger charge is -2.31. The van der Waals surface area contributed by atoms with Gasteiger partial charge in [0.1, 0.15) is 0 Å². The lowest BCUT2D eigenvalue weighted by molar-refractivity contribution is 0.0787. The number of amides is 2. The molecule has 0 radical (unpaired) electrons. The lowest BCUT2D eigenvalue weighted by atomic mass is 10.1. The van der Waals surface area contributed by atoms with Gasteiger partial charge in [-0.25, -0.2) is 8.42 Å². The van der Waals surface area contributed by atoms with Crippen LogP contribution in [-0.4, -0.2) is 68.6 Å². The Labute approximate surface area is 236 Å². The number of phenols is 1. The van der Waals surface area contributed by atoms with Gasteiger partial charge >= 0.3 is 0 Å². The largest absolute Gasteiger partial charge is 0.505 e. The summed E-state index contributed by atoms with van der Waals surface area (Å²) in [7, 11) is -1.41. The maximum atomic E-state index is 13.7. The Morgan fingerprint density at radius 3 is 2.36 bits per heavy atom. The molecule has 1 aliphatic rings. The molecule has 0 atom stereocenters. The number of aliphatic imine (C=N–C) groups is 1. The van der Waals surface area contributed by atoms with E-state index in [2.05, 4.69) is 17.0 Å². The third-order valence-corrected chi connectivity index (χ3v) is 8.57. The van der Waals surface area contributed by atoms with E-state index in [9.17, 15) is 23.1 Å². The predicted octanol–water partition coefficient (Wildman–Crippen LogP) is 4.79. The highest BCUT2D eigenvalue weighted by Gasteiger charge is 2.26. The lowest BCUT2D eigenvalue weighted by Crippen LogP contribution is -2.41. The first kappa shape index (κ1) is 28.4. The van der Waals surface area contributed by atoms with Crippen LogP contribution in [0.5, 0.6) is 5.75 Å². The Morgan fingerprint density at radius 1 is 1.08 bits per heavy atom. The normalized spacial score (nSPS) is 14.5. The molecule has 12 heteroatoms. The van der Waals surface area contributed by atoms with Crippen LogP contribution in [0.4, 0.5) is 17.1 Å². The van der Waals surface area contributed by atoms with E-state index in [4.69, 9.17) is 23.2 Å². The number of para-hydroxylation sites is 1. The molecular formula is C27H26Cl2N4O5S. The maximum absolute atomic E-state index is 13.7. The van der Waals surface area contributed by atoms with Crippen LogP contribution in [0.25, 0.3) is 0 Å². The Bertz CT molecular complexity index is 1520. The molecule has 1 aliphatic heterocycles. The van der Waals surface area contributed by atoms with Crippen molar-refractivity contribution >= 4 is 68.6 Å². The molecule has 4 rings (SSSR count). The SMILES string of the molecule is C=Nc1cccc(NC(=O)c2cc(Cl)c(O)c(Cl)c2)c1C(=O)N(C)Cc1ccccc1N1CCS(=O)(=O)CC1. The van der Waals surface area contributed by atoms with Crippen molar-refractivity contribution in [3.63, 3.8) is 0 Å². The van der Waals surface area contributed by atoms with Gasteiger partial charge in [0.2, 0.25) is 0 Å². The molecule has 1 heterocycles. The molecule has 0 saturated carbocycles. The summed E-state index contributed by atoms with van der Waals surface area (Å²) < 4.78 is 23.8. The van der Waals surface area contributed by atoms with Crippen LogP contribution < -0.4 is 10.2 Å². The fourth-order valence-electron chi connectivity index (χ4n) is 4.32.